The SMILES string of the molecule is Cc1ccc2c(c1)B1c3cc(C)ccc3N(c3ccc([Si](C)(C)C)cc3)c3cc(C(c4cc5c6c(c4)N(c4ccc([Si](C)(C)C)cc4)c4ccc([Si](C)(C)C)cc4B6c4cc([Si](C)(C)C)ccc4N5c4ccc(C(C)(C)C)cc4)c4cc5c6c(c4)N(c4ccc([Si](C)(C)C)cc4)c4ccc([Si](C)(C)C)cc4B6c4cc([Si](C)(C)C)ccc4N5c4ccc([Si](C)(C)C)cc4)cc(c31)N2c1ccc([Si](C)(C)C)cc1. The molecule has 6 aliphatic heterocycles. The second-order valence-corrected chi connectivity index (χ2v) is 98.4. The fraction of sp³-hybridized carbons (Fsp3) is 0.274. The normalized spacial score (nSPS) is 14.7. The molecule has 0 bridgehead atoms. The minimum atomic E-state index is -1.98. The summed E-state index contributed by atoms with van der Waals surface area (Å²) in [6, 6.07) is 122. The van der Waals surface area contributed by atoms with E-state index in [1.165, 1.54) is 215 Å². The van der Waals surface area contributed by atoms with E-state index in [0.29, 0.717) is 0 Å². The number of nitrogens with zero attached hydrogens (tertiary/aromatic N) is 6. The molecule has 0 saturated heterocycles. The van der Waals surface area contributed by atoms with E-state index in [-0.39, 0.29) is 25.6 Å². The van der Waals surface area contributed by atoms with Crippen molar-refractivity contribution in [1.29, 1.82) is 0 Å². The molecule has 6 nitrogen and oxygen atoms in total. The second kappa shape index (κ2) is 33.9. The fourth-order valence-corrected chi connectivity index (χ4v) is 34.1. The Hall–Kier alpha value is -10.8. The van der Waals surface area contributed by atoms with Gasteiger partial charge in [-0.05, 0) is 236 Å². The van der Waals surface area contributed by atoms with Crippen molar-refractivity contribution in [1.82, 2.24) is 0 Å². The Morgan fingerprint density at radius 3 is 0.521 bits per heavy atom. The molecule has 6 aliphatic rings. The van der Waals surface area contributed by atoms with E-state index in [1.54, 1.807) is 0 Å². The molecule has 0 radical (unpaired) electrons. The summed E-state index contributed by atoms with van der Waals surface area (Å²) in [7, 11) is -17.0. The van der Waals surface area contributed by atoms with Gasteiger partial charge in [0.1, 0.15) is 0 Å². The number of rotatable bonds is 18. The molecule has 0 aromatic heterocycles. The van der Waals surface area contributed by atoms with Gasteiger partial charge in [0, 0.05) is 108 Å². The van der Waals surface area contributed by atoms with Gasteiger partial charge in [0.2, 0.25) is 0 Å². The summed E-state index contributed by atoms with van der Waals surface area (Å²) in [5, 5.41) is 13.1. The van der Waals surface area contributed by atoms with Gasteiger partial charge in [-0.1, -0.05) is 401 Å². The smallest absolute Gasteiger partial charge is 0.252 e. The van der Waals surface area contributed by atoms with Gasteiger partial charge < -0.3 is 29.4 Å². The molecule has 6 heterocycles. The second-order valence-electron chi connectivity index (χ2n) is 52.7. The zero-order valence-electron chi connectivity index (χ0n) is 90.7. The van der Waals surface area contributed by atoms with Crippen LogP contribution in [0.4, 0.5) is 102 Å². The van der Waals surface area contributed by atoms with Crippen LogP contribution in [0.3, 0.4) is 0 Å². The van der Waals surface area contributed by atoms with E-state index in [0.717, 1.165) is 17.1 Å². The van der Waals surface area contributed by atoms with Crippen LogP contribution in [0.1, 0.15) is 60.1 Å². The van der Waals surface area contributed by atoms with Gasteiger partial charge in [0.15, 0.2) is 0 Å². The van der Waals surface area contributed by atoms with Crippen LogP contribution in [0.2, 0.25) is 177 Å². The van der Waals surface area contributed by atoms with Gasteiger partial charge >= 0.3 is 0 Å². The van der Waals surface area contributed by atoms with Gasteiger partial charge in [-0.15, -0.1) is 0 Å². The Kier molecular flexibility index (Phi) is 23.3. The van der Waals surface area contributed by atoms with Crippen molar-refractivity contribution in [2.75, 3.05) is 29.4 Å². The number of hydrogen-bond donors (Lipinski definition) is 0. The molecule has 0 fully saturated rings. The van der Waals surface area contributed by atoms with Crippen LogP contribution in [0, 0.1) is 13.8 Å². The molecule has 142 heavy (non-hydrogen) atoms. The average molecular weight is 2000 g/mol. The minimum absolute atomic E-state index is 0.0895. The van der Waals surface area contributed by atoms with Crippen molar-refractivity contribution in [2.24, 2.45) is 0 Å². The third-order valence-electron chi connectivity index (χ3n) is 32.0. The van der Waals surface area contributed by atoms with E-state index in [9.17, 15) is 0 Å². The van der Waals surface area contributed by atoms with Crippen molar-refractivity contribution in [3.05, 3.63) is 325 Å². The van der Waals surface area contributed by atoms with Crippen LogP contribution in [0.25, 0.3) is 0 Å². The molecule has 15 aromatic carbocycles. The minimum Gasteiger partial charge on any atom is -0.311 e. The molecule has 1 unspecified atom stereocenters. The molecule has 21 rings (SSSR count). The predicted octanol–water partition coefficient (Wildman–Crippen LogP) is 23.9. The Labute approximate surface area is 860 Å². The van der Waals surface area contributed by atoms with Gasteiger partial charge in [-0.3, -0.25) is 0 Å². The highest BCUT2D eigenvalue weighted by atomic mass is 28.3. The van der Waals surface area contributed by atoms with Crippen molar-refractivity contribution >= 4 is 291 Å². The van der Waals surface area contributed by atoms with E-state index in [1.807, 2.05) is 0 Å². The number of fused-ring (bicyclic) bond motifs is 12. The van der Waals surface area contributed by atoms with Crippen LogP contribution in [0.15, 0.2) is 291 Å². The van der Waals surface area contributed by atoms with Crippen LogP contribution < -0.4 is 125 Å². The molecule has 0 amide bonds. The molecule has 0 N–H and O–H groups in total. The Bertz CT molecular complexity index is 6880. The third-order valence-corrected chi connectivity index (χ3v) is 50.5. The van der Waals surface area contributed by atoms with Crippen molar-refractivity contribution in [2.45, 2.75) is 223 Å². The number of aryl methyl sites for hydroxylation is 2. The molecular weight excluding hydrogens is 1860 g/mol. The molecule has 716 valence electrons. The van der Waals surface area contributed by atoms with Crippen LogP contribution in [-0.4, -0.2) is 92.8 Å². The summed E-state index contributed by atoms with van der Waals surface area (Å²) < 4.78 is 0. The van der Waals surface area contributed by atoms with Gasteiger partial charge in [0.25, 0.3) is 20.1 Å². The maximum Gasteiger partial charge on any atom is 0.252 e. The maximum atomic E-state index is 2.77. The molecule has 0 saturated carbocycles. The lowest BCUT2D eigenvalue weighted by atomic mass is 9.33. The molecule has 1 atom stereocenters. The number of hydrogen-bond acceptors (Lipinski definition) is 6. The average Bonchev–Trinajstić information content (AvgIpc) is 0.691. The standard InChI is InChI=1S/C124H145B3N6Si9/c1-81-33-63-108-102(69-81)125-103-70-82(2)34-64-109(103)130(89-41-51-94(52-42-89)135(9,10)11)115-72-83(71-114(121(115)125)129(108)88-39-49-93(50-40-88)134(6,7)8)120(84-73-116-122-117(74-84)131(90-43-53-95(54-44-90)136(12,13)14)111-66-60-99(140(24,25)26)78-105(111)126(122)104-77-98(139(21,22)23)59-65-110(104)128(116)87-37-35-86(36-38-87)124(3,4)5)85-75-118-123-119(76-85)133(92-47-57-97(58-48-92)138(18,19)20)113-68-62-101(142(30,31)32)80-107(113)127(123)106-79-100(141(27,28)29)61-67-112(106)132(118)91-45-55-96(56-46-91)137(15,16)17/h33-80,120H,1-32H3. The molecular formula is C124H145B3N6Si9. The first-order valence-electron chi connectivity index (χ1n) is 52.3. The summed E-state index contributed by atoms with van der Waals surface area (Å²) in [4.78, 5) is 16.5. The fourth-order valence-electron chi connectivity index (χ4n) is 23.6. The zero-order valence-corrected chi connectivity index (χ0v) is 99.7. The van der Waals surface area contributed by atoms with Gasteiger partial charge in [0.05, 0.1) is 72.7 Å². The molecule has 0 spiro atoms. The van der Waals surface area contributed by atoms with Crippen molar-refractivity contribution < 1.29 is 0 Å². The van der Waals surface area contributed by atoms with Crippen molar-refractivity contribution in [3.8, 4) is 0 Å². The first-order valence-corrected chi connectivity index (χ1v) is 83.8. The number of anilines is 18. The summed E-state index contributed by atoms with van der Waals surface area (Å²) in [5.41, 5.74) is 41.2. The van der Waals surface area contributed by atoms with Crippen LogP contribution in [0.5, 0.6) is 0 Å². The molecule has 15 aromatic rings. The lowest BCUT2D eigenvalue weighted by Crippen LogP contribution is -2.63. The summed E-state index contributed by atoms with van der Waals surface area (Å²) in [6.07, 6.45) is 0. The van der Waals surface area contributed by atoms with Gasteiger partial charge in [-0.25, -0.2) is 0 Å². The predicted molar refractivity (Wildman–Crippen MR) is 657 cm³/mol. The lowest BCUT2D eigenvalue weighted by Gasteiger charge is -2.46. The van der Waals surface area contributed by atoms with Crippen LogP contribution in [-0.2, 0) is 5.41 Å². The summed E-state index contributed by atoms with van der Waals surface area (Å²) in [5.74, 6) is -0.503. The Morgan fingerprint density at radius 2 is 0.345 bits per heavy atom. The third kappa shape index (κ3) is 16.8. The largest absolute Gasteiger partial charge is 0.311 e. The molecule has 18 heteroatoms. The maximum absolute atomic E-state index is 2.77. The number of benzene rings is 15. The zero-order chi connectivity index (χ0) is 101. The highest BCUT2D eigenvalue weighted by Crippen LogP contribution is 2.54. The first-order chi connectivity index (χ1) is 66.5. The highest BCUT2D eigenvalue weighted by molar-refractivity contribution is 7.04. The van der Waals surface area contributed by atoms with E-state index >= 15 is 0 Å². The highest BCUT2D eigenvalue weighted by Gasteiger charge is 2.51. The van der Waals surface area contributed by atoms with E-state index in [2.05, 4.69) is 532 Å². The lowest BCUT2D eigenvalue weighted by molar-refractivity contribution is 0.590. The quantitative estimate of drug-likeness (QED) is 0.0625. The summed E-state index contributed by atoms with van der Waals surface area (Å²) in [6.45, 7) is 79.4. The first kappa shape index (κ1) is 97.3. The molecule has 0 aliphatic carbocycles. The topological polar surface area (TPSA) is 19.4 Å². The Balaban J connectivity index is 0.981. The van der Waals surface area contributed by atoms with Gasteiger partial charge in [-0.2, -0.15) is 0 Å². The van der Waals surface area contributed by atoms with E-state index in [4.69, 9.17) is 0 Å². The van der Waals surface area contributed by atoms with E-state index < -0.39 is 78.6 Å². The summed E-state index contributed by atoms with van der Waals surface area (Å²) >= 11 is 0. The Morgan fingerprint density at radius 1 is 0.183 bits per heavy atom. The van der Waals surface area contributed by atoms with Crippen LogP contribution >= 0.6 is 0 Å². The van der Waals surface area contributed by atoms with Crippen molar-refractivity contribution in [3.63, 3.8) is 0 Å². The monoisotopic (exact) mass is 2000 g/mol.